The molecular weight excluding hydrogens is 262 g/mol. The van der Waals surface area contributed by atoms with Gasteiger partial charge >= 0.3 is 0 Å². The maximum atomic E-state index is 5.07. The number of piperidine rings is 1. The first kappa shape index (κ1) is 18.1. The van der Waals surface area contributed by atoms with Crippen LogP contribution in [0.4, 0.5) is 0 Å². The number of likely N-dealkylation sites (tertiary alicyclic amines) is 1. The molecule has 1 heterocycles. The van der Waals surface area contributed by atoms with Gasteiger partial charge in [0.05, 0.1) is 0 Å². The Labute approximate surface area is 132 Å². The van der Waals surface area contributed by atoms with E-state index in [1.807, 2.05) is 5.37 Å². The van der Waals surface area contributed by atoms with Gasteiger partial charge in [-0.05, 0) is 80.7 Å². The third-order valence-electron chi connectivity index (χ3n) is 4.83. The van der Waals surface area contributed by atoms with E-state index in [0.29, 0.717) is 5.41 Å². The van der Waals surface area contributed by atoms with E-state index < -0.39 is 0 Å². The zero-order valence-electron chi connectivity index (χ0n) is 14.3. The van der Waals surface area contributed by atoms with Gasteiger partial charge in [0.25, 0.3) is 0 Å². The molecule has 0 amide bonds. The monoisotopic (exact) mass is 297 g/mol. The van der Waals surface area contributed by atoms with Crippen LogP contribution in [-0.4, -0.2) is 30.4 Å². The van der Waals surface area contributed by atoms with Crippen LogP contribution < -0.4 is 0 Å². The maximum absolute atomic E-state index is 5.07. The Hall–Kier alpha value is 0.0500. The van der Waals surface area contributed by atoms with Gasteiger partial charge in [-0.25, -0.2) is 0 Å². The van der Waals surface area contributed by atoms with Crippen LogP contribution in [0.25, 0.3) is 0 Å². The van der Waals surface area contributed by atoms with Crippen molar-refractivity contribution in [1.82, 2.24) is 4.90 Å². The number of rotatable bonds is 3. The van der Waals surface area contributed by atoms with Crippen LogP contribution in [-0.2, 0) is 0 Å². The first-order valence-corrected chi connectivity index (χ1v) is 8.96. The fraction of sp³-hybridized carbons (Fsp3) is 0.944. The summed E-state index contributed by atoms with van der Waals surface area (Å²) in [7, 11) is 2.20. The molecule has 2 fully saturated rings. The molecule has 1 saturated heterocycles. The summed E-state index contributed by atoms with van der Waals surface area (Å²) < 4.78 is 0. The zero-order valence-corrected chi connectivity index (χ0v) is 15.1. The van der Waals surface area contributed by atoms with Gasteiger partial charge in [0.1, 0.15) is 0 Å². The highest BCUT2D eigenvalue weighted by atomic mass is 32.1. The number of nitrogens with zero attached hydrogens (tertiary/aromatic N) is 1. The highest BCUT2D eigenvalue weighted by Gasteiger charge is 2.32. The molecule has 0 aromatic heterocycles. The molecule has 2 heteroatoms. The van der Waals surface area contributed by atoms with E-state index >= 15 is 0 Å². The summed E-state index contributed by atoms with van der Waals surface area (Å²) in [5, 5.41) is 1.99. The number of hydrogen-bond acceptors (Lipinski definition) is 2. The van der Waals surface area contributed by atoms with E-state index in [0.717, 1.165) is 17.8 Å². The van der Waals surface area contributed by atoms with E-state index in [1.54, 1.807) is 0 Å². The van der Waals surface area contributed by atoms with Gasteiger partial charge in [0.15, 0.2) is 0 Å². The molecule has 1 aliphatic carbocycles. The largest absolute Gasteiger partial charge is 0.306 e. The predicted octanol–water partition coefficient (Wildman–Crippen LogP) is 5.19. The van der Waals surface area contributed by atoms with Gasteiger partial charge in [-0.15, -0.1) is 0 Å². The van der Waals surface area contributed by atoms with Gasteiger partial charge in [-0.1, -0.05) is 39.9 Å². The van der Waals surface area contributed by atoms with Gasteiger partial charge in [-0.3, -0.25) is 0 Å². The topological polar surface area (TPSA) is 3.24 Å². The third kappa shape index (κ3) is 6.67. The highest BCUT2D eigenvalue weighted by molar-refractivity contribution is 7.79. The van der Waals surface area contributed by atoms with E-state index in [4.69, 9.17) is 12.2 Å². The molecule has 0 radical (unpaired) electrons. The van der Waals surface area contributed by atoms with E-state index in [9.17, 15) is 0 Å². The SMILES string of the molecule is CC(C)CC1CCC(C)(C=S)C1.CC1CCCN(C)C1. The molecule has 20 heavy (non-hydrogen) atoms. The Morgan fingerprint density at radius 3 is 2.45 bits per heavy atom. The highest BCUT2D eigenvalue weighted by Crippen LogP contribution is 2.42. The van der Waals surface area contributed by atoms with Gasteiger partial charge in [0.2, 0.25) is 0 Å². The van der Waals surface area contributed by atoms with Gasteiger partial charge in [-0.2, -0.15) is 0 Å². The van der Waals surface area contributed by atoms with Crippen molar-refractivity contribution in [3.8, 4) is 0 Å². The first-order chi connectivity index (χ1) is 9.34. The summed E-state index contributed by atoms with van der Waals surface area (Å²) in [6.45, 7) is 11.9. The van der Waals surface area contributed by atoms with E-state index in [1.165, 1.54) is 51.6 Å². The average Bonchev–Trinajstić information content (AvgIpc) is 2.71. The second kappa shape index (κ2) is 8.48. The fourth-order valence-corrected chi connectivity index (χ4v) is 4.01. The fourth-order valence-electron chi connectivity index (χ4n) is 3.80. The molecule has 3 unspecified atom stereocenters. The summed E-state index contributed by atoms with van der Waals surface area (Å²) in [5.41, 5.74) is 0.384. The summed E-state index contributed by atoms with van der Waals surface area (Å²) in [6, 6.07) is 0. The van der Waals surface area contributed by atoms with E-state index in [2.05, 4.69) is 39.6 Å². The first-order valence-electron chi connectivity index (χ1n) is 8.49. The summed E-state index contributed by atoms with van der Waals surface area (Å²) in [4.78, 5) is 2.41. The molecular formula is C18H35NS. The standard InChI is InChI=1S/C11H20S.C7H15N/c1-9(2)6-10-4-5-11(3,7-10)8-12;1-7-4-3-5-8(2)6-7/h8-10H,4-7H2,1-3H3;7H,3-6H2,1-2H3. The minimum absolute atomic E-state index is 0.384. The molecule has 2 rings (SSSR count). The average molecular weight is 298 g/mol. The van der Waals surface area contributed by atoms with Crippen molar-refractivity contribution in [3.63, 3.8) is 0 Å². The third-order valence-corrected chi connectivity index (χ3v) is 5.40. The van der Waals surface area contributed by atoms with Crippen LogP contribution in [0, 0.1) is 23.2 Å². The van der Waals surface area contributed by atoms with Crippen molar-refractivity contribution in [3.05, 3.63) is 0 Å². The number of hydrogen-bond donors (Lipinski definition) is 0. The molecule has 1 saturated carbocycles. The predicted molar refractivity (Wildman–Crippen MR) is 94.5 cm³/mol. The van der Waals surface area contributed by atoms with Crippen LogP contribution in [0.2, 0.25) is 0 Å². The molecule has 3 atom stereocenters. The summed E-state index contributed by atoms with van der Waals surface area (Å²) in [5.74, 6) is 2.73. The lowest BCUT2D eigenvalue weighted by Gasteiger charge is -2.26. The Balaban J connectivity index is 0.000000217. The second-order valence-electron chi connectivity index (χ2n) is 8.02. The molecule has 1 aliphatic heterocycles. The van der Waals surface area contributed by atoms with Gasteiger partial charge in [0, 0.05) is 6.54 Å². The van der Waals surface area contributed by atoms with E-state index in [-0.39, 0.29) is 0 Å². The molecule has 0 N–H and O–H groups in total. The Bertz CT molecular complexity index is 281. The minimum atomic E-state index is 0.384. The van der Waals surface area contributed by atoms with Crippen LogP contribution in [0.15, 0.2) is 0 Å². The molecule has 0 aromatic rings. The molecule has 0 bridgehead atoms. The van der Waals surface area contributed by atoms with Crippen LogP contribution in [0.1, 0.15) is 66.2 Å². The minimum Gasteiger partial charge on any atom is -0.306 e. The van der Waals surface area contributed by atoms with Crippen molar-refractivity contribution in [1.29, 1.82) is 0 Å². The van der Waals surface area contributed by atoms with Crippen molar-refractivity contribution < 1.29 is 0 Å². The Morgan fingerprint density at radius 2 is 2.05 bits per heavy atom. The Kier molecular flexibility index (Phi) is 7.68. The van der Waals surface area contributed by atoms with Crippen LogP contribution in [0.3, 0.4) is 0 Å². The van der Waals surface area contributed by atoms with Gasteiger partial charge < -0.3 is 4.90 Å². The maximum Gasteiger partial charge on any atom is 0.000398 e. The lowest BCUT2D eigenvalue weighted by Crippen LogP contribution is -2.30. The summed E-state index contributed by atoms with van der Waals surface area (Å²) in [6.07, 6.45) is 8.26. The second-order valence-corrected chi connectivity index (χ2v) is 8.26. The normalized spacial score (nSPS) is 34.7. The quantitative estimate of drug-likeness (QED) is 0.660. The van der Waals surface area contributed by atoms with Crippen molar-refractivity contribution >= 4 is 17.6 Å². The zero-order chi connectivity index (χ0) is 15.2. The van der Waals surface area contributed by atoms with Crippen molar-refractivity contribution in [2.75, 3.05) is 20.1 Å². The lowest BCUT2D eigenvalue weighted by atomic mass is 9.88. The molecule has 1 nitrogen and oxygen atoms in total. The lowest BCUT2D eigenvalue weighted by molar-refractivity contribution is 0.221. The molecule has 2 aliphatic rings. The van der Waals surface area contributed by atoms with Crippen LogP contribution >= 0.6 is 12.2 Å². The number of thiocarbonyl (C=S) groups is 1. The molecule has 0 aromatic carbocycles. The van der Waals surface area contributed by atoms with Crippen molar-refractivity contribution in [2.24, 2.45) is 23.2 Å². The smallest absolute Gasteiger partial charge is 0.000398 e. The Morgan fingerprint density at radius 1 is 1.35 bits per heavy atom. The molecule has 0 spiro atoms. The van der Waals surface area contributed by atoms with Crippen molar-refractivity contribution in [2.45, 2.75) is 66.2 Å². The summed E-state index contributed by atoms with van der Waals surface area (Å²) >= 11 is 5.07. The molecule has 118 valence electrons. The van der Waals surface area contributed by atoms with Crippen LogP contribution in [0.5, 0.6) is 0 Å².